The molecule has 2 aliphatic heterocycles. The Morgan fingerprint density at radius 3 is 2.77 bits per heavy atom. The van der Waals surface area contributed by atoms with E-state index in [9.17, 15) is 9.59 Å². The molecule has 0 N–H and O–H groups in total. The molecule has 1 amide bonds. The van der Waals surface area contributed by atoms with Crippen molar-refractivity contribution in [3.8, 4) is 10.6 Å². The van der Waals surface area contributed by atoms with Crippen LogP contribution in [0.25, 0.3) is 10.6 Å². The highest BCUT2D eigenvalue weighted by Crippen LogP contribution is 2.46. The van der Waals surface area contributed by atoms with E-state index in [2.05, 4.69) is 16.0 Å². The van der Waals surface area contributed by atoms with Crippen molar-refractivity contribution in [2.75, 3.05) is 19.7 Å². The number of amides is 1. The molecule has 0 radical (unpaired) electrons. The van der Waals surface area contributed by atoms with Crippen molar-refractivity contribution in [3.63, 3.8) is 0 Å². The lowest BCUT2D eigenvalue weighted by Crippen LogP contribution is -2.49. The molecule has 0 atom stereocenters. The van der Waals surface area contributed by atoms with Crippen LogP contribution in [0.4, 0.5) is 0 Å². The summed E-state index contributed by atoms with van der Waals surface area (Å²) in [6.07, 6.45) is 7.50. The second kappa shape index (κ2) is 7.69. The first-order valence-corrected chi connectivity index (χ1v) is 11.3. The average Bonchev–Trinajstić information content (AvgIpc) is 3.25. The van der Waals surface area contributed by atoms with E-state index in [1.54, 1.807) is 47.9 Å². The number of hydrogen-bond donors (Lipinski definition) is 0. The first-order valence-electron chi connectivity index (χ1n) is 10.5. The van der Waals surface area contributed by atoms with E-state index in [-0.39, 0.29) is 22.6 Å². The maximum absolute atomic E-state index is 13.0. The summed E-state index contributed by atoms with van der Waals surface area (Å²) in [4.78, 5) is 38.4. The van der Waals surface area contributed by atoms with Crippen molar-refractivity contribution in [1.29, 1.82) is 0 Å². The lowest BCUT2D eigenvalue weighted by Gasteiger charge is -2.44. The number of ether oxygens (including phenoxy) is 1. The van der Waals surface area contributed by atoms with Crippen LogP contribution in [0.5, 0.6) is 0 Å². The molecule has 3 aromatic rings. The molecular formula is C23H24N4O3S. The zero-order valence-electron chi connectivity index (χ0n) is 17.6. The molecule has 0 bridgehead atoms. The average molecular weight is 437 g/mol. The molecule has 3 aromatic heterocycles. The fourth-order valence-corrected chi connectivity index (χ4v) is 5.71. The predicted molar refractivity (Wildman–Crippen MR) is 118 cm³/mol. The second-order valence-electron chi connectivity index (χ2n) is 8.18. The van der Waals surface area contributed by atoms with Crippen LogP contribution >= 0.6 is 11.3 Å². The zero-order chi connectivity index (χ0) is 21.6. The molecule has 1 fully saturated rings. The molecule has 31 heavy (non-hydrogen) atoms. The summed E-state index contributed by atoms with van der Waals surface area (Å²) < 4.78 is 7.86. The third kappa shape index (κ3) is 3.40. The molecule has 7 nitrogen and oxygen atoms in total. The summed E-state index contributed by atoms with van der Waals surface area (Å²) in [7, 11) is 1.70. The van der Waals surface area contributed by atoms with Gasteiger partial charge < -0.3 is 14.2 Å². The van der Waals surface area contributed by atoms with Crippen molar-refractivity contribution in [3.05, 3.63) is 68.8 Å². The number of aromatic nitrogens is 3. The first kappa shape index (κ1) is 20.1. The second-order valence-corrected chi connectivity index (χ2v) is 9.31. The van der Waals surface area contributed by atoms with Gasteiger partial charge in [-0.05, 0) is 43.5 Å². The Bertz CT molecular complexity index is 1190. The Morgan fingerprint density at radius 2 is 2.03 bits per heavy atom. The number of aryl methyl sites for hydroxylation is 1. The van der Waals surface area contributed by atoms with Crippen molar-refractivity contribution < 1.29 is 9.53 Å². The Hall–Kier alpha value is -2.84. The lowest BCUT2D eigenvalue weighted by atomic mass is 9.82. The van der Waals surface area contributed by atoms with E-state index >= 15 is 0 Å². The number of thiophene rings is 1. The van der Waals surface area contributed by atoms with Gasteiger partial charge in [0.05, 0.1) is 29.0 Å². The van der Waals surface area contributed by atoms with E-state index in [4.69, 9.17) is 4.74 Å². The molecule has 0 saturated carbocycles. The maximum atomic E-state index is 13.0. The molecule has 1 spiro atoms. The fraction of sp³-hybridized carbons (Fsp3) is 0.391. The summed E-state index contributed by atoms with van der Waals surface area (Å²) in [6.45, 7) is 3.66. The SMILES string of the molecule is Cc1ccc(C(=O)N2CCC3(CC2)OCCc2sc(-c4cnccn4)cc23)c(=O)n1C. The molecule has 8 heteroatoms. The standard InChI is InChI=1S/C23H24N4O3S/c1-15-3-4-16(21(28)26(15)2)22(29)27-10-6-23(7-11-27)17-13-20(18-14-24-8-9-25-18)31-19(17)5-12-30-23/h3-4,8-9,13-14H,5-7,10-12H2,1-2H3. The topological polar surface area (TPSA) is 77.3 Å². The summed E-state index contributed by atoms with van der Waals surface area (Å²) in [5, 5.41) is 0. The van der Waals surface area contributed by atoms with Crippen LogP contribution in [0.1, 0.15) is 39.3 Å². The van der Waals surface area contributed by atoms with Gasteiger partial charge in [0, 0.05) is 49.5 Å². The van der Waals surface area contributed by atoms with Gasteiger partial charge in [0.15, 0.2) is 0 Å². The number of carbonyl (C=O) groups excluding carboxylic acids is 1. The van der Waals surface area contributed by atoms with Crippen molar-refractivity contribution in [2.45, 2.75) is 31.8 Å². The van der Waals surface area contributed by atoms with E-state index in [1.165, 1.54) is 15.0 Å². The molecule has 0 aromatic carbocycles. The van der Waals surface area contributed by atoms with Crippen LogP contribution in [0.2, 0.25) is 0 Å². The van der Waals surface area contributed by atoms with Gasteiger partial charge in [-0.2, -0.15) is 0 Å². The minimum absolute atomic E-state index is 0.197. The number of carbonyl (C=O) groups is 1. The summed E-state index contributed by atoms with van der Waals surface area (Å²) >= 11 is 1.76. The lowest BCUT2D eigenvalue weighted by molar-refractivity contribution is -0.0926. The van der Waals surface area contributed by atoms with Crippen molar-refractivity contribution >= 4 is 17.2 Å². The minimum atomic E-state index is -0.375. The highest BCUT2D eigenvalue weighted by molar-refractivity contribution is 7.15. The zero-order valence-corrected chi connectivity index (χ0v) is 18.4. The first-order chi connectivity index (χ1) is 15.0. The minimum Gasteiger partial charge on any atom is -0.370 e. The van der Waals surface area contributed by atoms with Gasteiger partial charge in [0.25, 0.3) is 11.5 Å². The van der Waals surface area contributed by atoms with Gasteiger partial charge in [-0.25, -0.2) is 0 Å². The van der Waals surface area contributed by atoms with E-state index < -0.39 is 0 Å². The number of rotatable bonds is 2. The third-order valence-electron chi connectivity index (χ3n) is 6.47. The Morgan fingerprint density at radius 1 is 1.23 bits per heavy atom. The molecular weight excluding hydrogens is 412 g/mol. The molecule has 0 unspecified atom stereocenters. The van der Waals surface area contributed by atoms with Gasteiger partial charge in [0.2, 0.25) is 0 Å². The Balaban J connectivity index is 1.39. The molecule has 0 aliphatic carbocycles. The smallest absolute Gasteiger partial charge is 0.263 e. The highest BCUT2D eigenvalue weighted by atomic mass is 32.1. The predicted octanol–water partition coefficient (Wildman–Crippen LogP) is 2.92. The Kier molecular flexibility index (Phi) is 4.98. The highest BCUT2D eigenvalue weighted by Gasteiger charge is 2.43. The number of fused-ring (bicyclic) bond motifs is 2. The van der Waals surface area contributed by atoms with Gasteiger partial charge >= 0.3 is 0 Å². The Labute approximate surface area is 184 Å². The van der Waals surface area contributed by atoms with E-state index in [0.29, 0.717) is 32.5 Å². The van der Waals surface area contributed by atoms with Gasteiger partial charge in [-0.1, -0.05) is 0 Å². The summed E-state index contributed by atoms with van der Waals surface area (Å²) in [5.74, 6) is -0.197. The number of hydrogen-bond acceptors (Lipinski definition) is 6. The number of piperidine rings is 1. The van der Waals surface area contributed by atoms with E-state index in [0.717, 1.165) is 22.7 Å². The molecule has 5 heterocycles. The maximum Gasteiger partial charge on any atom is 0.263 e. The largest absolute Gasteiger partial charge is 0.370 e. The fourth-order valence-electron chi connectivity index (χ4n) is 4.52. The van der Waals surface area contributed by atoms with E-state index in [1.807, 2.05) is 13.0 Å². The van der Waals surface area contributed by atoms with Crippen LogP contribution in [0.3, 0.4) is 0 Å². The molecule has 1 saturated heterocycles. The van der Waals surface area contributed by atoms with Crippen LogP contribution in [0, 0.1) is 6.92 Å². The number of pyridine rings is 1. The van der Waals surface area contributed by atoms with Gasteiger partial charge in [-0.3, -0.25) is 19.6 Å². The van der Waals surface area contributed by atoms with Gasteiger partial charge in [0.1, 0.15) is 5.56 Å². The monoisotopic (exact) mass is 436 g/mol. The van der Waals surface area contributed by atoms with Gasteiger partial charge in [-0.15, -0.1) is 11.3 Å². The quantitative estimate of drug-likeness (QED) is 0.617. The van der Waals surface area contributed by atoms with Crippen LogP contribution in [0.15, 0.2) is 41.6 Å². The number of nitrogens with zero attached hydrogens (tertiary/aromatic N) is 4. The molecule has 160 valence electrons. The molecule has 5 rings (SSSR count). The molecule has 2 aliphatic rings. The summed E-state index contributed by atoms with van der Waals surface area (Å²) in [6, 6.07) is 5.65. The summed E-state index contributed by atoms with van der Waals surface area (Å²) in [5.41, 5.74) is 2.54. The van der Waals surface area contributed by atoms with Crippen LogP contribution in [-0.2, 0) is 23.8 Å². The van der Waals surface area contributed by atoms with Crippen molar-refractivity contribution in [2.24, 2.45) is 7.05 Å². The number of likely N-dealkylation sites (tertiary alicyclic amines) is 1. The third-order valence-corrected chi connectivity index (χ3v) is 7.68. The normalized spacial score (nSPS) is 17.5. The van der Waals surface area contributed by atoms with Crippen LogP contribution < -0.4 is 5.56 Å². The van der Waals surface area contributed by atoms with Crippen LogP contribution in [-0.4, -0.2) is 45.0 Å². The van der Waals surface area contributed by atoms with Crippen molar-refractivity contribution in [1.82, 2.24) is 19.4 Å².